The van der Waals surface area contributed by atoms with Crippen LogP contribution in [-0.4, -0.2) is 21.0 Å². The number of aryl methyl sites for hydroxylation is 2. The van der Waals surface area contributed by atoms with Crippen LogP contribution in [0.3, 0.4) is 0 Å². The maximum atomic E-state index is 11.2. The number of pyridine rings is 2. The van der Waals surface area contributed by atoms with Gasteiger partial charge < -0.3 is 9.84 Å². The molecule has 2 heterocycles. The van der Waals surface area contributed by atoms with Gasteiger partial charge in [-0.1, -0.05) is 11.6 Å². The van der Waals surface area contributed by atoms with E-state index in [-0.39, 0.29) is 11.4 Å². The smallest absolute Gasteiger partial charge is 0.341 e. The van der Waals surface area contributed by atoms with Crippen LogP contribution in [0.25, 0.3) is 0 Å². The zero-order valence-electron chi connectivity index (χ0n) is 10.3. The van der Waals surface area contributed by atoms with Gasteiger partial charge in [0.1, 0.15) is 11.3 Å². The Morgan fingerprint density at radius 3 is 2.68 bits per heavy atom. The minimum atomic E-state index is -1.09. The van der Waals surface area contributed by atoms with Gasteiger partial charge in [-0.25, -0.2) is 9.78 Å². The van der Waals surface area contributed by atoms with Gasteiger partial charge in [0.25, 0.3) is 0 Å². The molecule has 0 aliphatic carbocycles. The molecule has 5 nitrogen and oxygen atoms in total. The predicted octanol–water partition coefficient (Wildman–Crippen LogP) is 3.24. The zero-order chi connectivity index (χ0) is 14.0. The van der Waals surface area contributed by atoms with E-state index in [4.69, 9.17) is 16.3 Å². The molecule has 0 fully saturated rings. The summed E-state index contributed by atoms with van der Waals surface area (Å²) >= 11 is 5.80. The number of halogens is 1. The van der Waals surface area contributed by atoms with Crippen molar-refractivity contribution in [3.63, 3.8) is 0 Å². The van der Waals surface area contributed by atoms with Crippen molar-refractivity contribution in [2.24, 2.45) is 0 Å². The van der Waals surface area contributed by atoms with E-state index in [0.717, 1.165) is 0 Å². The normalized spacial score (nSPS) is 10.3. The molecule has 2 aromatic heterocycles. The van der Waals surface area contributed by atoms with Gasteiger partial charge in [0, 0.05) is 18.0 Å². The highest BCUT2D eigenvalue weighted by Crippen LogP contribution is 2.27. The lowest BCUT2D eigenvalue weighted by Crippen LogP contribution is -2.06. The molecule has 0 aliphatic heterocycles. The van der Waals surface area contributed by atoms with E-state index in [1.54, 1.807) is 26.0 Å². The summed E-state index contributed by atoms with van der Waals surface area (Å²) in [5.41, 5.74) is 1.29. The molecule has 0 aliphatic rings. The molecule has 98 valence electrons. The van der Waals surface area contributed by atoms with Crippen LogP contribution in [0.1, 0.15) is 21.6 Å². The van der Waals surface area contributed by atoms with E-state index >= 15 is 0 Å². The van der Waals surface area contributed by atoms with E-state index in [1.165, 1.54) is 12.4 Å². The van der Waals surface area contributed by atoms with Crippen LogP contribution in [0.15, 0.2) is 24.5 Å². The lowest BCUT2D eigenvalue weighted by molar-refractivity contribution is 0.0692. The molecule has 1 N–H and O–H groups in total. The third kappa shape index (κ3) is 3.00. The average molecular weight is 279 g/mol. The van der Waals surface area contributed by atoms with Gasteiger partial charge >= 0.3 is 5.97 Å². The Kier molecular flexibility index (Phi) is 3.66. The number of carboxylic acids is 1. The Bertz CT molecular complexity index is 644. The van der Waals surface area contributed by atoms with Crippen molar-refractivity contribution in [1.82, 2.24) is 9.97 Å². The van der Waals surface area contributed by atoms with E-state index in [9.17, 15) is 9.90 Å². The number of rotatable bonds is 3. The van der Waals surface area contributed by atoms with Gasteiger partial charge in [-0.05, 0) is 25.5 Å². The molecule has 6 heteroatoms. The molecule has 2 aromatic rings. The van der Waals surface area contributed by atoms with Crippen LogP contribution >= 0.6 is 11.6 Å². The summed E-state index contributed by atoms with van der Waals surface area (Å²) < 4.78 is 5.47. The number of aromatic nitrogens is 2. The third-order valence-electron chi connectivity index (χ3n) is 2.42. The Hall–Kier alpha value is -2.14. The van der Waals surface area contributed by atoms with Crippen LogP contribution in [-0.2, 0) is 0 Å². The van der Waals surface area contributed by atoms with E-state index in [0.29, 0.717) is 22.0 Å². The van der Waals surface area contributed by atoms with Crippen molar-refractivity contribution in [2.45, 2.75) is 13.8 Å². The molecule has 19 heavy (non-hydrogen) atoms. The summed E-state index contributed by atoms with van der Waals surface area (Å²) in [6.07, 6.45) is 2.90. The fourth-order valence-corrected chi connectivity index (χ4v) is 1.86. The molecular formula is C13H11ClN2O3. The largest absolute Gasteiger partial charge is 0.477 e. The zero-order valence-corrected chi connectivity index (χ0v) is 11.1. The number of aromatic carboxylic acids is 1. The topological polar surface area (TPSA) is 72.3 Å². The molecule has 0 saturated heterocycles. The maximum absolute atomic E-state index is 11.2. The van der Waals surface area contributed by atoms with E-state index < -0.39 is 5.97 Å². The fraction of sp³-hybridized carbons (Fsp3) is 0.154. The molecule has 0 bridgehead atoms. The van der Waals surface area contributed by atoms with Crippen LogP contribution < -0.4 is 4.74 Å². The highest BCUT2D eigenvalue weighted by molar-refractivity contribution is 6.30. The molecule has 0 aromatic carbocycles. The second-order valence-electron chi connectivity index (χ2n) is 4.01. The van der Waals surface area contributed by atoms with Crippen molar-refractivity contribution < 1.29 is 14.6 Å². The minimum absolute atomic E-state index is 0.0329. The van der Waals surface area contributed by atoms with Crippen LogP contribution in [0, 0.1) is 13.8 Å². The van der Waals surface area contributed by atoms with Gasteiger partial charge in [-0.3, -0.25) is 4.98 Å². The first kappa shape index (κ1) is 13.3. The van der Waals surface area contributed by atoms with Gasteiger partial charge in [-0.2, -0.15) is 0 Å². The Morgan fingerprint density at radius 2 is 2.05 bits per heavy atom. The van der Waals surface area contributed by atoms with Crippen LogP contribution in [0.2, 0.25) is 5.02 Å². The molecule has 0 radical (unpaired) electrons. The molecule has 0 amide bonds. The van der Waals surface area contributed by atoms with Crippen molar-refractivity contribution >= 4 is 17.6 Å². The quantitative estimate of drug-likeness (QED) is 0.933. The number of carboxylic acid groups (broad SMARTS) is 1. The highest BCUT2D eigenvalue weighted by Gasteiger charge is 2.17. The highest BCUT2D eigenvalue weighted by atomic mass is 35.5. The summed E-state index contributed by atoms with van der Waals surface area (Å²) in [5, 5.41) is 9.61. The maximum Gasteiger partial charge on any atom is 0.341 e. The van der Waals surface area contributed by atoms with Gasteiger partial charge in [0.2, 0.25) is 5.88 Å². The Morgan fingerprint density at radius 1 is 1.32 bits per heavy atom. The summed E-state index contributed by atoms with van der Waals surface area (Å²) in [4.78, 5) is 19.2. The standard InChI is InChI=1S/C13H11ClN2O3/c1-7-3-8(2)16-12(11(7)13(17)18)19-10-4-9(14)5-15-6-10/h3-6H,1-2H3,(H,17,18). The SMILES string of the molecule is Cc1cc(C)c(C(=O)O)c(Oc2cncc(Cl)c2)n1. The molecular weight excluding hydrogens is 268 g/mol. The Labute approximate surface area is 114 Å². The lowest BCUT2D eigenvalue weighted by Gasteiger charge is -2.10. The minimum Gasteiger partial charge on any atom is -0.477 e. The number of nitrogens with zero attached hydrogens (tertiary/aromatic N) is 2. The predicted molar refractivity (Wildman–Crippen MR) is 70.0 cm³/mol. The summed E-state index contributed by atoms with van der Waals surface area (Å²) in [5.74, 6) is -0.712. The average Bonchev–Trinajstić information content (AvgIpc) is 2.26. The first-order valence-electron chi connectivity index (χ1n) is 5.47. The first-order valence-corrected chi connectivity index (χ1v) is 5.85. The number of carbonyl (C=O) groups is 1. The first-order chi connectivity index (χ1) is 8.97. The number of ether oxygens (including phenoxy) is 1. The van der Waals surface area contributed by atoms with E-state index in [1.807, 2.05) is 0 Å². The van der Waals surface area contributed by atoms with Crippen molar-refractivity contribution in [3.05, 3.63) is 46.4 Å². The lowest BCUT2D eigenvalue weighted by atomic mass is 10.1. The fourth-order valence-electron chi connectivity index (χ4n) is 1.70. The summed E-state index contributed by atoms with van der Waals surface area (Å²) in [6, 6.07) is 3.23. The van der Waals surface area contributed by atoms with Gasteiger partial charge in [0.05, 0.1) is 11.2 Å². The van der Waals surface area contributed by atoms with Crippen molar-refractivity contribution in [1.29, 1.82) is 0 Å². The molecule has 0 saturated carbocycles. The monoisotopic (exact) mass is 278 g/mol. The van der Waals surface area contributed by atoms with Crippen LogP contribution in [0.4, 0.5) is 0 Å². The van der Waals surface area contributed by atoms with Gasteiger partial charge in [0.15, 0.2) is 0 Å². The molecule has 0 atom stereocenters. The second-order valence-corrected chi connectivity index (χ2v) is 4.44. The summed E-state index contributed by atoms with van der Waals surface area (Å²) in [7, 11) is 0. The van der Waals surface area contributed by atoms with Gasteiger partial charge in [-0.15, -0.1) is 0 Å². The number of hydrogen-bond acceptors (Lipinski definition) is 4. The molecule has 0 unspecified atom stereocenters. The summed E-state index contributed by atoms with van der Waals surface area (Å²) in [6.45, 7) is 3.46. The van der Waals surface area contributed by atoms with Crippen LogP contribution in [0.5, 0.6) is 11.6 Å². The third-order valence-corrected chi connectivity index (χ3v) is 2.63. The van der Waals surface area contributed by atoms with Crippen molar-refractivity contribution in [3.8, 4) is 11.6 Å². The molecule has 2 rings (SSSR count). The molecule has 0 spiro atoms. The number of hydrogen-bond donors (Lipinski definition) is 1. The second kappa shape index (κ2) is 5.24. The van der Waals surface area contributed by atoms with E-state index in [2.05, 4.69) is 9.97 Å². The van der Waals surface area contributed by atoms with Crippen molar-refractivity contribution in [2.75, 3.05) is 0 Å². The Balaban J connectivity index is 2.47.